The average molecular weight is 406 g/mol. The summed E-state index contributed by atoms with van der Waals surface area (Å²) >= 11 is 0. The summed E-state index contributed by atoms with van der Waals surface area (Å²) in [7, 11) is 3.28. The number of likely N-dealkylation sites (tertiary alicyclic amines) is 1. The summed E-state index contributed by atoms with van der Waals surface area (Å²) < 4.78 is 12.8. The van der Waals surface area contributed by atoms with Crippen molar-refractivity contribution in [2.45, 2.75) is 31.6 Å². The number of ether oxygens (including phenoxy) is 2. The van der Waals surface area contributed by atoms with Crippen molar-refractivity contribution in [3.8, 4) is 22.6 Å². The molecule has 1 saturated heterocycles. The molecule has 5 rings (SSSR count). The first-order valence-corrected chi connectivity index (χ1v) is 10.5. The molecule has 2 aliphatic rings. The van der Waals surface area contributed by atoms with E-state index in [0.717, 1.165) is 61.4 Å². The van der Waals surface area contributed by atoms with Crippen molar-refractivity contribution in [3.63, 3.8) is 0 Å². The molecule has 1 atom stereocenters. The van der Waals surface area contributed by atoms with E-state index in [0.29, 0.717) is 17.4 Å². The van der Waals surface area contributed by atoms with E-state index in [1.54, 1.807) is 14.2 Å². The van der Waals surface area contributed by atoms with Crippen LogP contribution in [0.1, 0.15) is 37.4 Å². The first-order chi connectivity index (χ1) is 14.7. The highest BCUT2D eigenvalue weighted by Gasteiger charge is 2.36. The van der Waals surface area contributed by atoms with E-state index in [1.165, 1.54) is 0 Å². The first kappa shape index (κ1) is 18.9. The Hall–Kier alpha value is -3.09. The minimum Gasteiger partial charge on any atom is -0.493 e. The van der Waals surface area contributed by atoms with Gasteiger partial charge < -0.3 is 14.4 Å². The van der Waals surface area contributed by atoms with Gasteiger partial charge in [-0.25, -0.2) is 9.50 Å². The zero-order valence-corrected chi connectivity index (χ0v) is 17.4. The van der Waals surface area contributed by atoms with Crippen LogP contribution in [0.25, 0.3) is 16.8 Å². The van der Waals surface area contributed by atoms with Gasteiger partial charge in [-0.2, -0.15) is 5.10 Å². The molecule has 0 unspecified atom stereocenters. The van der Waals surface area contributed by atoms with Crippen LogP contribution in [0.2, 0.25) is 0 Å². The van der Waals surface area contributed by atoms with E-state index in [9.17, 15) is 4.79 Å². The second-order valence-corrected chi connectivity index (χ2v) is 8.13. The topological polar surface area (TPSA) is 69.0 Å². The van der Waals surface area contributed by atoms with Crippen LogP contribution < -0.4 is 9.47 Å². The molecule has 2 fully saturated rings. The van der Waals surface area contributed by atoms with Crippen molar-refractivity contribution in [2.75, 3.05) is 27.3 Å². The number of hydrogen-bond donors (Lipinski definition) is 0. The summed E-state index contributed by atoms with van der Waals surface area (Å²) in [6.45, 7) is 1.59. The molecule has 1 aromatic carbocycles. The quantitative estimate of drug-likeness (QED) is 0.648. The van der Waals surface area contributed by atoms with Crippen molar-refractivity contribution in [1.29, 1.82) is 0 Å². The van der Waals surface area contributed by atoms with Gasteiger partial charge >= 0.3 is 0 Å². The third-order valence-corrected chi connectivity index (χ3v) is 6.09. The number of benzene rings is 1. The summed E-state index contributed by atoms with van der Waals surface area (Å²) in [5.41, 5.74) is 2.72. The van der Waals surface area contributed by atoms with Gasteiger partial charge in [0.15, 0.2) is 23.0 Å². The minimum absolute atomic E-state index is 0.191. The number of carbonyl (C=O) groups excluding carboxylic acids is 1. The number of piperidine rings is 1. The molecule has 0 bridgehead atoms. The number of amides is 1. The molecule has 0 radical (unpaired) electrons. The van der Waals surface area contributed by atoms with Gasteiger partial charge in [0.1, 0.15) is 0 Å². The molecule has 1 aliphatic heterocycles. The second kappa shape index (κ2) is 7.63. The Labute approximate surface area is 175 Å². The molecule has 7 heteroatoms. The van der Waals surface area contributed by atoms with E-state index in [4.69, 9.17) is 19.6 Å². The second-order valence-electron chi connectivity index (χ2n) is 8.13. The highest BCUT2D eigenvalue weighted by molar-refractivity contribution is 5.81. The lowest BCUT2D eigenvalue weighted by molar-refractivity contribution is -0.133. The number of pyridine rings is 1. The number of rotatable bonds is 5. The van der Waals surface area contributed by atoms with Crippen LogP contribution in [-0.2, 0) is 4.79 Å². The predicted molar refractivity (Wildman–Crippen MR) is 113 cm³/mol. The summed E-state index contributed by atoms with van der Waals surface area (Å²) in [5, 5.41) is 4.77. The van der Waals surface area contributed by atoms with Crippen LogP contribution in [0.4, 0.5) is 0 Å². The van der Waals surface area contributed by atoms with Gasteiger partial charge in [0.25, 0.3) is 0 Å². The van der Waals surface area contributed by atoms with E-state index in [-0.39, 0.29) is 11.8 Å². The molecule has 1 saturated carbocycles. The van der Waals surface area contributed by atoms with Crippen LogP contribution >= 0.6 is 0 Å². The Kier molecular flexibility index (Phi) is 4.81. The lowest BCUT2D eigenvalue weighted by atomic mass is 9.97. The maximum absolute atomic E-state index is 12.5. The standard InChI is InChI=1S/C23H26N4O3/c1-29-19-7-3-6-18(21(19)30-2)16-10-11-20-24-22(25-27(20)14-16)17-5-4-12-26(13-17)23(28)15-8-9-15/h3,6-7,10-11,14-15,17H,4-5,8-9,12-13H2,1-2H3/t17-/m1/s1. The summed E-state index contributed by atoms with van der Waals surface area (Å²) in [4.78, 5) is 19.3. The molecule has 3 heterocycles. The van der Waals surface area contributed by atoms with Crippen molar-refractivity contribution in [1.82, 2.24) is 19.5 Å². The fourth-order valence-corrected chi connectivity index (χ4v) is 4.32. The molecule has 1 aliphatic carbocycles. The summed E-state index contributed by atoms with van der Waals surface area (Å²) in [6.07, 6.45) is 6.08. The van der Waals surface area contributed by atoms with E-state index in [2.05, 4.69) is 0 Å². The predicted octanol–water partition coefficient (Wildman–Crippen LogP) is 3.53. The number of carbonyl (C=O) groups is 1. The molecule has 0 N–H and O–H groups in total. The number of methoxy groups -OCH3 is 2. The van der Waals surface area contributed by atoms with Crippen molar-refractivity contribution >= 4 is 11.6 Å². The lowest BCUT2D eigenvalue weighted by Crippen LogP contribution is -2.40. The molecule has 156 valence electrons. The van der Waals surface area contributed by atoms with Gasteiger partial charge in [-0.3, -0.25) is 4.79 Å². The largest absolute Gasteiger partial charge is 0.493 e. The Morgan fingerprint density at radius 1 is 1.10 bits per heavy atom. The monoisotopic (exact) mass is 406 g/mol. The summed E-state index contributed by atoms with van der Waals surface area (Å²) in [5.74, 6) is 2.97. The van der Waals surface area contributed by atoms with Crippen LogP contribution in [0, 0.1) is 5.92 Å². The highest BCUT2D eigenvalue weighted by atomic mass is 16.5. The van der Waals surface area contributed by atoms with Crippen LogP contribution in [-0.4, -0.2) is 52.7 Å². The number of fused-ring (bicyclic) bond motifs is 1. The Morgan fingerprint density at radius 3 is 2.73 bits per heavy atom. The van der Waals surface area contributed by atoms with Gasteiger partial charge in [-0.15, -0.1) is 0 Å². The number of nitrogens with zero attached hydrogens (tertiary/aromatic N) is 4. The SMILES string of the molecule is COc1cccc(-c2ccc3nc([C@@H]4CCCN(C(=O)C5CC5)C4)nn3c2)c1OC. The van der Waals surface area contributed by atoms with Gasteiger partial charge in [-0.1, -0.05) is 12.1 Å². The average Bonchev–Trinajstić information content (AvgIpc) is 3.56. The molecule has 7 nitrogen and oxygen atoms in total. The van der Waals surface area contributed by atoms with Gasteiger partial charge in [-0.05, 0) is 43.9 Å². The van der Waals surface area contributed by atoms with E-state index in [1.807, 2.05) is 45.9 Å². The zero-order chi connectivity index (χ0) is 20.7. The van der Waals surface area contributed by atoms with Crippen LogP contribution in [0.15, 0.2) is 36.5 Å². The molecule has 0 spiro atoms. The normalized spacial score (nSPS) is 19.1. The fourth-order valence-electron chi connectivity index (χ4n) is 4.32. The minimum atomic E-state index is 0.191. The number of hydrogen-bond acceptors (Lipinski definition) is 5. The molecular weight excluding hydrogens is 380 g/mol. The highest BCUT2D eigenvalue weighted by Crippen LogP contribution is 2.38. The third-order valence-electron chi connectivity index (χ3n) is 6.09. The van der Waals surface area contributed by atoms with Crippen molar-refractivity contribution in [2.24, 2.45) is 5.92 Å². The number of para-hydroxylation sites is 1. The maximum Gasteiger partial charge on any atom is 0.225 e. The van der Waals surface area contributed by atoms with Crippen LogP contribution in [0.3, 0.4) is 0 Å². The first-order valence-electron chi connectivity index (χ1n) is 10.5. The van der Waals surface area contributed by atoms with Crippen molar-refractivity contribution < 1.29 is 14.3 Å². The van der Waals surface area contributed by atoms with Gasteiger partial charge in [0.2, 0.25) is 5.91 Å². The molecule has 2 aromatic heterocycles. The Balaban J connectivity index is 1.44. The van der Waals surface area contributed by atoms with E-state index < -0.39 is 0 Å². The molecule has 1 amide bonds. The summed E-state index contributed by atoms with van der Waals surface area (Å²) in [6, 6.07) is 9.83. The lowest BCUT2D eigenvalue weighted by Gasteiger charge is -2.31. The zero-order valence-electron chi connectivity index (χ0n) is 17.4. The number of aromatic nitrogens is 3. The fraction of sp³-hybridized carbons (Fsp3) is 0.435. The molecule has 3 aromatic rings. The smallest absolute Gasteiger partial charge is 0.225 e. The van der Waals surface area contributed by atoms with Gasteiger partial charge in [0, 0.05) is 42.2 Å². The Morgan fingerprint density at radius 2 is 1.97 bits per heavy atom. The van der Waals surface area contributed by atoms with Crippen molar-refractivity contribution in [3.05, 3.63) is 42.4 Å². The van der Waals surface area contributed by atoms with Gasteiger partial charge in [0.05, 0.1) is 14.2 Å². The maximum atomic E-state index is 12.5. The van der Waals surface area contributed by atoms with Crippen LogP contribution in [0.5, 0.6) is 11.5 Å². The third kappa shape index (κ3) is 3.38. The molecule has 30 heavy (non-hydrogen) atoms. The van der Waals surface area contributed by atoms with E-state index >= 15 is 0 Å². The molecular formula is C23H26N4O3. The Bertz CT molecular complexity index is 1090.